The van der Waals surface area contributed by atoms with Crippen molar-refractivity contribution in [3.8, 4) is 0 Å². The molecular weight excluding hydrogens is 378 g/mol. The average Bonchev–Trinajstić information content (AvgIpc) is 3.15. The number of benzene rings is 2. The molecule has 28 heavy (non-hydrogen) atoms. The predicted octanol–water partition coefficient (Wildman–Crippen LogP) is 3.27. The van der Waals surface area contributed by atoms with Gasteiger partial charge in [-0.3, -0.25) is 10.1 Å². The van der Waals surface area contributed by atoms with Crippen molar-refractivity contribution in [3.63, 3.8) is 0 Å². The van der Waals surface area contributed by atoms with Crippen molar-refractivity contribution in [2.45, 2.75) is 31.6 Å². The monoisotopic (exact) mass is 399 g/mol. The van der Waals surface area contributed by atoms with Crippen LogP contribution in [0.1, 0.15) is 41.2 Å². The Morgan fingerprint density at radius 2 is 1.75 bits per heavy atom. The predicted molar refractivity (Wildman–Crippen MR) is 105 cm³/mol. The molecule has 1 heterocycles. The fourth-order valence-electron chi connectivity index (χ4n) is 2.61. The van der Waals surface area contributed by atoms with Crippen molar-refractivity contribution in [1.82, 2.24) is 10.2 Å². The number of aryl methyl sites for hydroxylation is 1. The molecule has 8 heteroatoms. The lowest BCUT2D eigenvalue weighted by atomic mass is 10.1. The van der Waals surface area contributed by atoms with Gasteiger partial charge in [-0.05, 0) is 35.7 Å². The number of carbonyl (C=O) groups excluding carboxylic acids is 1. The van der Waals surface area contributed by atoms with E-state index in [0.717, 1.165) is 12.0 Å². The van der Waals surface area contributed by atoms with E-state index in [1.54, 1.807) is 6.92 Å². The van der Waals surface area contributed by atoms with Gasteiger partial charge in [-0.2, -0.15) is 0 Å². The standard InChI is InChI=1S/C20H21N3O4S/c1-3-14-8-10-15(11-9-14)12-18-22-23-20(27-18)21-19(24)16-6-5-7-17(13-16)28(25,26)4-2/h5-11,13H,3-4,12H2,1-2H3,(H,21,23,24). The second-order valence-electron chi connectivity index (χ2n) is 6.23. The van der Waals surface area contributed by atoms with Gasteiger partial charge in [0.1, 0.15) is 0 Å². The van der Waals surface area contributed by atoms with Crippen LogP contribution in [-0.2, 0) is 22.7 Å². The normalized spacial score (nSPS) is 11.4. The maximum atomic E-state index is 12.4. The zero-order chi connectivity index (χ0) is 20.1. The average molecular weight is 399 g/mol. The molecule has 1 aromatic heterocycles. The van der Waals surface area contributed by atoms with Gasteiger partial charge in [-0.1, -0.05) is 49.3 Å². The lowest BCUT2D eigenvalue weighted by Gasteiger charge is -2.04. The molecule has 0 fully saturated rings. The minimum absolute atomic E-state index is 0.0334. The second-order valence-corrected chi connectivity index (χ2v) is 8.51. The molecule has 0 radical (unpaired) electrons. The van der Waals surface area contributed by atoms with Crippen LogP contribution in [0.2, 0.25) is 0 Å². The van der Waals surface area contributed by atoms with E-state index in [4.69, 9.17) is 4.42 Å². The van der Waals surface area contributed by atoms with E-state index < -0.39 is 15.7 Å². The summed E-state index contributed by atoms with van der Waals surface area (Å²) in [5.74, 6) is -0.179. The van der Waals surface area contributed by atoms with E-state index in [1.807, 2.05) is 24.3 Å². The van der Waals surface area contributed by atoms with Crippen LogP contribution in [0.3, 0.4) is 0 Å². The SMILES string of the molecule is CCc1ccc(Cc2nnc(NC(=O)c3cccc(S(=O)(=O)CC)c3)o2)cc1. The van der Waals surface area contributed by atoms with E-state index >= 15 is 0 Å². The molecule has 0 saturated heterocycles. The number of carbonyl (C=O) groups is 1. The zero-order valence-electron chi connectivity index (χ0n) is 15.7. The Bertz CT molecular complexity index is 1070. The van der Waals surface area contributed by atoms with Gasteiger partial charge in [-0.25, -0.2) is 8.42 Å². The van der Waals surface area contributed by atoms with Crippen molar-refractivity contribution >= 4 is 21.8 Å². The molecule has 0 saturated carbocycles. The first-order valence-corrected chi connectivity index (χ1v) is 10.6. The Hall–Kier alpha value is -3.00. The summed E-state index contributed by atoms with van der Waals surface area (Å²) < 4.78 is 29.4. The Labute approximate surface area is 163 Å². The molecule has 0 aliphatic heterocycles. The number of sulfone groups is 1. The molecule has 0 spiro atoms. The fraction of sp³-hybridized carbons (Fsp3) is 0.250. The summed E-state index contributed by atoms with van der Waals surface area (Å²) in [6.07, 6.45) is 1.43. The summed E-state index contributed by atoms with van der Waals surface area (Å²) in [6, 6.07) is 13.9. The molecule has 0 aliphatic carbocycles. The lowest BCUT2D eigenvalue weighted by Crippen LogP contribution is -2.13. The van der Waals surface area contributed by atoms with E-state index in [2.05, 4.69) is 22.4 Å². The number of nitrogens with zero attached hydrogens (tertiary/aromatic N) is 2. The molecule has 146 valence electrons. The first kappa shape index (κ1) is 19.8. The maximum Gasteiger partial charge on any atom is 0.322 e. The van der Waals surface area contributed by atoms with Gasteiger partial charge in [0.2, 0.25) is 5.89 Å². The Kier molecular flexibility index (Phi) is 5.89. The molecule has 7 nitrogen and oxygen atoms in total. The molecular formula is C20H21N3O4S. The van der Waals surface area contributed by atoms with E-state index in [0.29, 0.717) is 12.3 Å². The van der Waals surface area contributed by atoms with Crippen LogP contribution in [-0.4, -0.2) is 30.3 Å². The van der Waals surface area contributed by atoms with Crippen molar-refractivity contribution in [3.05, 3.63) is 71.1 Å². The summed E-state index contributed by atoms with van der Waals surface area (Å²) in [7, 11) is -3.39. The van der Waals surface area contributed by atoms with Gasteiger partial charge in [-0.15, -0.1) is 5.10 Å². The van der Waals surface area contributed by atoms with E-state index in [9.17, 15) is 13.2 Å². The number of anilines is 1. The minimum atomic E-state index is -3.39. The molecule has 0 atom stereocenters. The number of aromatic nitrogens is 2. The van der Waals surface area contributed by atoms with E-state index in [-0.39, 0.29) is 22.2 Å². The number of hydrogen-bond acceptors (Lipinski definition) is 6. The summed E-state index contributed by atoms with van der Waals surface area (Å²) in [5, 5.41) is 10.3. The number of amides is 1. The number of nitrogens with one attached hydrogen (secondary N) is 1. The van der Waals surface area contributed by atoms with Crippen LogP contribution in [0, 0.1) is 0 Å². The largest absolute Gasteiger partial charge is 0.407 e. The van der Waals surface area contributed by atoms with Crippen molar-refractivity contribution in [1.29, 1.82) is 0 Å². The van der Waals surface area contributed by atoms with Crippen molar-refractivity contribution in [2.75, 3.05) is 11.1 Å². The fourth-order valence-corrected chi connectivity index (χ4v) is 3.54. The highest BCUT2D eigenvalue weighted by molar-refractivity contribution is 7.91. The van der Waals surface area contributed by atoms with Crippen LogP contribution in [0.5, 0.6) is 0 Å². The third kappa shape index (κ3) is 4.64. The van der Waals surface area contributed by atoms with Gasteiger partial charge in [0.05, 0.1) is 17.1 Å². The third-order valence-corrected chi connectivity index (χ3v) is 6.04. The Morgan fingerprint density at radius 1 is 1.04 bits per heavy atom. The molecule has 3 aromatic rings. The minimum Gasteiger partial charge on any atom is -0.407 e. The Morgan fingerprint density at radius 3 is 2.43 bits per heavy atom. The van der Waals surface area contributed by atoms with Gasteiger partial charge in [0, 0.05) is 5.56 Å². The van der Waals surface area contributed by atoms with Crippen LogP contribution in [0.4, 0.5) is 6.01 Å². The highest BCUT2D eigenvalue weighted by atomic mass is 32.2. The lowest BCUT2D eigenvalue weighted by molar-refractivity contribution is 0.102. The van der Waals surface area contributed by atoms with Crippen LogP contribution in [0.25, 0.3) is 0 Å². The molecule has 2 aromatic carbocycles. The highest BCUT2D eigenvalue weighted by Crippen LogP contribution is 2.16. The molecule has 0 aliphatic rings. The Balaban J connectivity index is 1.69. The first-order chi connectivity index (χ1) is 13.4. The highest BCUT2D eigenvalue weighted by Gasteiger charge is 2.16. The number of hydrogen-bond donors (Lipinski definition) is 1. The van der Waals surface area contributed by atoms with Gasteiger partial charge >= 0.3 is 6.01 Å². The topological polar surface area (TPSA) is 102 Å². The van der Waals surface area contributed by atoms with Crippen molar-refractivity contribution in [2.24, 2.45) is 0 Å². The third-order valence-electron chi connectivity index (χ3n) is 4.31. The second kappa shape index (κ2) is 8.35. The van der Waals surface area contributed by atoms with Crippen LogP contribution in [0.15, 0.2) is 57.8 Å². The summed E-state index contributed by atoms with van der Waals surface area (Å²) >= 11 is 0. The van der Waals surface area contributed by atoms with Gasteiger partial charge in [0.15, 0.2) is 9.84 Å². The summed E-state index contributed by atoms with van der Waals surface area (Å²) in [4.78, 5) is 12.5. The maximum absolute atomic E-state index is 12.4. The molecule has 0 unspecified atom stereocenters. The first-order valence-electron chi connectivity index (χ1n) is 8.95. The molecule has 1 N–H and O–H groups in total. The quantitative estimate of drug-likeness (QED) is 0.654. The molecule has 1 amide bonds. The van der Waals surface area contributed by atoms with E-state index in [1.165, 1.54) is 29.8 Å². The summed E-state index contributed by atoms with van der Waals surface area (Å²) in [6.45, 7) is 3.65. The van der Waals surface area contributed by atoms with Crippen LogP contribution >= 0.6 is 0 Å². The van der Waals surface area contributed by atoms with Crippen molar-refractivity contribution < 1.29 is 17.6 Å². The smallest absolute Gasteiger partial charge is 0.322 e. The molecule has 3 rings (SSSR count). The van der Waals surface area contributed by atoms with Gasteiger partial charge < -0.3 is 4.42 Å². The van der Waals surface area contributed by atoms with Gasteiger partial charge in [0.25, 0.3) is 5.91 Å². The summed E-state index contributed by atoms with van der Waals surface area (Å²) in [5.41, 5.74) is 2.47. The van der Waals surface area contributed by atoms with Crippen LogP contribution < -0.4 is 5.32 Å². The molecule has 0 bridgehead atoms. The number of rotatable bonds is 7. The zero-order valence-corrected chi connectivity index (χ0v) is 16.5.